The van der Waals surface area contributed by atoms with E-state index in [0.29, 0.717) is 19.0 Å². The Morgan fingerprint density at radius 2 is 1.88 bits per heavy atom. The van der Waals surface area contributed by atoms with Crippen LogP contribution in [0.2, 0.25) is 0 Å². The largest absolute Gasteiger partial charge is 0.497 e. The molecular weight excluding hydrogens is 308 g/mol. The molecule has 1 saturated heterocycles. The van der Waals surface area contributed by atoms with Crippen LogP contribution in [0, 0.1) is 5.92 Å². The Morgan fingerprint density at radius 3 is 2.54 bits per heavy atom. The summed E-state index contributed by atoms with van der Waals surface area (Å²) in [6.45, 7) is 1.92. The van der Waals surface area contributed by atoms with Gasteiger partial charge in [-0.25, -0.2) is 4.79 Å². The van der Waals surface area contributed by atoms with Crippen LogP contribution in [0.1, 0.15) is 5.56 Å². The molecule has 1 aromatic rings. The van der Waals surface area contributed by atoms with Crippen LogP contribution in [0.4, 0.5) is 4.79 Å². The topological polar surface area (TPSA) is 65.5 Å². The van der Waals surface area contributed by atoms with Gasteiger partial charge in [0.15, 0.2) is 0 Å². The molecule has 7 heteroatoms. The van der Waals surface area contributed by atoms with Crippen molar-refractivity contribution in [3.8, 4) is 5.75 Å². The zero-order valence-corrected chi connectivity index (χ0v) is 14.2. The van der Waals surface area contributed by atoms with Crippen LogP contribution in [0.5, 0.6) is 5.75 Å². The lowest BCUT2D eigenvalue weighted by Crippen LogP contribution is -2.61. The van der Waals surface area contributed by atoms with Gasteiger partial charge in [0.25, 0.3) is 0 Å². The van der Waals surface area contributed by atoms with Gasteiger partial charge in [-0.2, -0.15) is 0 Å². The number of carbonyl (C=O) groups is 2. The number of hydrogen-bond acceptors (Lipinski definition) is 5. The van der Waals surface area contributed by atoms with E-state index >= 15 is 0 Å². The summed E-state index contributed by atoms with van der Waals surface area (Å²) >= 11 is 0. The van der Waals surface area contributed by atoms with Crippen LogP contribution in [0.15, 0.2) is 29.3 Å². The van der Waals surface area contributed by atoms with Gasteiger partial charge in [-0.05, 0) is 24.1 Å². The van der Waals surface area contributed by atoms with E-state index < -0.39 is 0 Å². The quantitative estimate of drug-likeness (QED) is 0.828. The highest BCUT2D eigenvalue weighted by Crippen LogP contribution is 2.21. The normalized spacial score (nSPS) is 21.6. The van der Waals surface area contributed by atoms with Crippen LogP contribution in [0.25, 0.3) is 0 Å². The molecule has 0 spiro atoms. The molecule has 24 heavy (non-hydrogen) atoms. The second-order valence-corrected chi connectivity index (χ2v) is 6.12. The Balaban J connectivity index is 1.64. The summed E-state index contributed by atoms with van der Waals surface area (Å²) in [5, 5.41) is 0. The average Bonchev–Trinajstić information content (AvgIpc) is 2.63. The summed E-state index contributed by atoms with van der Waals surface area (Å²) in [4.78, 5) is 33.6. The van der Waals surface area contributed by atoms with Crippen molar-refractivity contribution in [1.82, 2.24) is 14.7 Å². The fourth-order valence-electron chi connectivity index (χ4n) is 3.10. The lowest BCUT2D eigenvalue weighted by Gasteiger charge is -2.40. The molecule has 1 unspecified atom stereocenters. The second kappa shape index (κ2) is 6.60. The van der Waals surface area contributed by atoms with E-state index in [1.807, 2.05) is 24.3 Å². The standard InChI is InChI=1S/C17H22N4O3/c1-19-15-14(16(22)20(2)17(19)23)10-21(11-18-15)9-8-12-4-6-13(24-3)7-5-12/h4-7,14H,8-11H2,1-3H3. The van der Waals surface area contributed by atoms with Crippen LogP contribution in [-0.4, -0.2) is 73.4 Å². The third-order valence-corrected chi connectivity index (χ3v) is 4.61. The van der Waals surface area contributed by atoms with Crippen molar-refractivity contribution in [2.45, 2.75) is 6.42 Å². The Morgan fingerprint density at radius 1 is 1.17 bits per heavy atom. The maximum Gasteiger partial charge on any atom is 0.331 e. The van der Waals surface area contributed by atoms with Crippen molar-refractivity contribution in [2.24, 2.45) is 10.9 Å². The fourth-order valence-corrected chi connectivity index (χ4v) is 3.10. The molecule has 0 saturated carbocycles. The summed E-state index contributed by atoms with van der Waals surface area (Å²) in [6, 6.07) is 7.67. The number of nitrogens with zero attached hydrogens (tertiary/aromatic N) is 4. The number of benzene rings is 1. The number of methoxy groups -OCH3 is 1. The third-order valence-electron chi connectivity index (χ3n) is 4.61. The summed E-state index contributed by atoms with van der Waals surface area (Å²) in [5.74, 6) is 0.895. The number of rotatable bonds is 4. The maximum absolute atomic E-state index is 12.4. The van der Waals surface area contributed by atoms with E-state index in [9.17, 15) is 9.59 Å². The molecule has 0 bridgehead atoms. The molecule has 1 atom stereocenters. The van der Waals surface area contributed by atoms with Crippen LogP contribution < -0.4 is 4.74 Å². The molecule has 1 aromatic carbocycles. The highest BCUT2D eigenvalue weighted by Gasteiger charge is 2.42. The van der Waals surface area contributed by atoms with Crippen molar-refractivity contribution in [3.05, 3.63) is 29.8 Å². The van der Waals surface area contributed by atoms with Gasteiger partial charge in [0.2, 0.25) is 5.91 Å². The van der Waals surface area contributed by atoms with E-state index in [1.54, 1.807) is 14.2 Å². The molecule has 128 valence electrons. The Hall–Kier alpha value is -2.41. The average molecular weight is 330 g/mol. The molecular formula is C17H22N4O3. The summed E-state index contributed by atoms with van der Waals surface area (Å²) in [6.07, 6.45) is 0.875. The van der Waals surface area contributed by atoms with Crippen molar-refractivity contribution < 1.29 is 14.3 Å². The minimum atomic E-state index is -0.359. The first kappa shape index (κ1) is 16.4. The van der Waals surface area contributed by atoms with E-state index in [-0.39, 0.29) is 17.9 Å². The van der Waals surface area contributed by atoms with E-state index in [4.69, 9.17) is 4.74 Å². The molecule has 2 heterocycles. The van der Waals surface area contributed by atoms with Gasteiger partial charge < -0.3 is 4.74 Å². The van der Waals surface area contributed by atoms with Crippen molar-refractivity contribution in [1.29, 1.82) is 0 Å². The van der Waals surface area contributed by atoms with Gasteiger partial charge >= 0.3 is 6.03 Å². The number of hydrogen-bond donors (Lipinski definition) is 0. The zero-order valence-electron chi connectivity index (χ0n) is 14.2. The molecule has 3 amide bonds. The molecule has 0 aromatic heterocycles. The molecule has 0 aliphatic carbocycles. The SMILES string of the molecule is COc1ccc(CCN2CN=C3C(C2)C(=O)N(C)C(=O)N3C)cc1. The van der Waals surface area contributed by atoms with Crippen molar-refractivity contribution in [3.63, 3.8) is 0 Å². The van der Waals surface area contributed by atoms with Gasteiger partial charge in [-0.3, -0.25) is 24.5 Å². The third kappa shape index (κ3) is 2.99. The summed E-state index contributed by atoms with van der Waals surface area (Å²) < 4.78 is 5.16. The minimum absolute atomic E-state index is 0.175. The highest BCUT2D eigenvalue weighted by atomic mass is 16.5. The highest BCUT2D eigenvalue weighted by molar-refractivity contribution is 6.17. The van der Waals surface area contributed by atoms with Crippen LogP contribution in [-0.2, 0) is 11.2 Å². The molecule has 7 nitrogen and oxygen atoms in total. The summed E-state index contributed by atoms with van der Waals surface area (Å²) in [5.41, 5.74) is 1.21. The number of amides is 3. The minimum Gasteiger partial charge on any atom is -0.497 e. The van der Waals surface area contributed by atoms with E-state index in [0.717, 1.165) is 18.7 Å². The van der Waals surface area contributed by atoms with Gasteiger partial charge in [-0.1, -0.05) is 12.1 Å². The smallest absolute Gasteiger partial charge is 0.331 e. The number of imide groups is 1. The molecule has 2 aliphatic heterocycles. The number of urea groups is 1. The number of carbonyl (C=O) groups excluding carboxylic acids is 2. The first-order chi connectivity index (χ1) is 11.5. The Kier molecular flexibility index (Phi) is 4.53. The molecule has 0 radical (unpaired) electrons. The van der Waals surface area contributed by atoms with Crippen LogP contribution >= 0.6 is 0 Å². The molecule has 3 rings (SSSR count). The predicted molar refractivity (Wildman–Crippen MR) is 90.0 cm³/mol. The second-order valence-electron chi connectivity index (χ2n) is 6.12. The van der Waals surface area contributed by atoms with Crippen molar-refractivity contribution in [2.75, 3.05) is 41.0 Å². The number of aliphatic imine (C=N–C) groups is 1. The maximum atomic E-state index is 12.4. The predicted octanol–water partition coefficient (Wildman–Crippen LogP) is 1.05. The van der Waals surface area contributed by atoms with Crippen molar-refractivity contribution >= 4 is 17.8 Å². The first-order valence-electron chi connectivity index (χ1n) is 7.96. The van der Waals surface area contributed by atoms with Crippen LogP contribution in [0.3, 0.4) is 0 Å². The fraction of sp³-hybridized carbons (Fsp3) is 0.471. The van der Waals surface area contributed by atoms with E-state index in [2.05, 4.69) is 9.89 Å². The Labute approximate surface area is 141 Å². The number of ether oxygens (including phenoxy) is 1. The van der Waals surface area contributed by atoms with Gasteiger partial charge in [0.1, 0.15) is 17.5 Å². The number of amidine groups is 1. The monoisotopic (exact) mass is 330 g/mol. The van der Waals surface area contributed by atoms with Gasteiger partial charge in [-0.15, -0.1) is 0 Å². The van der Waals surface area contributed by atoms with E-state index in [1.165, 1.54) is 22.4 Å². The summed E-state index contributed by atoms with van der Waals surface area (Å²) in [7, 11) is 4.84. The molecule has 0 N–H and O–H groups in total. The van der Waals surface area contributed by atoms with Gasteiger partial charge in [0, 0.05) is 27.2 Å². The first-order valence-corrected chi connectivity index (χ1v) is 7.96. The van der Waals surface area contributed by atoms with Gasteiger partial charge in [0.05, 0.1) is 13.8 Å². The molecule has 1 fully saturated rings. The Bertz CT molecular complexity index is 671. The number of fused-ring (bicyclic) bond motifs is 1. The molecule has 2 aliphatic rings. The lowest BCUT2D eigenvalue weighted by atomic mass is 10.0. The lowest BCUT2D eigenvalue weighted by molar-refractivity contribution is -0.131. The zero-order chi connectivity index (χ0) is 17.3.